The highest BCUT2D eigenvalue weighted by molar-refractivity contribution is 7.19. The minimum atomic E-state index is -0.557. The first-order valence-corrected chi connectivity index (χ1v) is 12.1. The van der Waals surface area contributed by atoms with Crippen molar-refractivity contribution in [2.75, 3.05) is 11.9 Å². The molecule has 0 fully saturated rings. The number of rotatable bonds is 8. The summed E-state index contributed by atoms with van der Waals surface area (Å²) in [5, 5.41) is 17.6. The summed E-state index contributed by atoms with van der Waals surface area (Å²) in [4.78, 5) is 29.6. The predicted octanol–water partition coefficient (Wildman–Crippen LogP) is 5.11. The lowest BCUT2D eigenvalue weighted by Gasteiger charge is -2.03. The van der Waals surface area contributed by atoms with Crippen LogP contribution in [0.5, 0.6) is 5.75 Å². The van der Waals surface area contributed by atoms with Gasteiger partial charge in [0.2, 0.25) is 0 Å². The first kappa shape index (κ1) is 22.4. The smallest absolute Gasteiger partial charge is 0.266 e. The zero-order chi connectivity index (χ0) is 23.2. The summed E-state index contributed by atoms with van der Waals surface area (Å²) in [6.45, 7) is -0.205. The van der Waals surface area contributed by atoms with E-state index in [4.69, 9.17) is 10.5 Å². The van der Waals surface area contributed by atoms with E-state index >= 15 is 0 Å². The molecule has 3 aromatic heterocycles. The highest BCUT2D eigenvalue weighted by Gasteiger charge is 2.19. The first-order chi connectivity index (χ1) is 16.0. The summed E-state index contributed by atoms with van der Waals surface area (Å²) in [6.07, 6.45) is 1.71. The van der Waals surface area contributed by atoms with Gasteiger partial charge >= 0.3 is 0 Å². The SMILES string of the molecule is N#C/C(=C\c1ccc(OCC(N)=O)cc1)c1nc(-c2cccs2)c(NC(=O)c2cccs2)s1. The van der Waals surface area contributed by atoms with Crippen molar-refractivity contribution in [1.82, 2.24) is 4.98 Å². The number of hydrogen-bond acceptors (Lipinski definition) is 8. The Morgan fingerprint density at radius 2 is 1.88 bits per heavy atom. The van der Waals surface area contributed by atoms with E-state index in [-0.39, 0.29) is 12.5 Å². The van der Waals surface area contributed by atoms with Gasteiger partial charge in [-0.05, 0) is 46.7 Å². The van der Waals surface area contributed by atoms with Crippen LogP contribution in [0.1, 0.15) is 20.2 Å². The van der Waals surface area contributed by atoms with Crippen LogP contribution in [-0.2, 0) is 4.79 Å². The van der Waals surface area contributed by atoms with Crippen molar-refractivity contribution in [2.45, 2.75) is 0 Å². The van der Waals surface area contributed by atoms with Crippen molar-refractivity contribution >= 4 is 62.5 Å². The second-order valence-corrected chi connectivity index (χ2v) is 9.49. The molecule has 3 heterocycles. The van der Waals surface area contributed by atoms with Crippen molar-refractivity contribution in [1.29, 1.82) is 5.26 Å². The Morgan fingerprint density at radius 1 is 1.12 bits per heavy atom. The number of carbonyl (C=O) groups excluding carboxylic acids is 2. The number of allylic oxidation sites excluding steroid dienone is 1. The highest BCUT2D eigenvalue weighted by atomic mass is 32.1. The third kappa shape index (κ3) is 5.53. The number of anilines is 1. The second kappa shape index (κ2) is 10.2. The average Bonchev–Trinajstić information content (AvgIpc) is 3.58. The van der Waals surface area contributed by atoms with Crippen LogP contribution < -0.4 is 15.8 Å². The zero-order valence-corrected chi connectivity index (χ0v) is 19.4. The van der Waals surface area contributed by atoms with E-state index in [1.165, 1.54) is 34.0 Å². The van der Waals surface area contributed by atoms with Crippen LogP contribution in [0.15, 0.2) is 59.3 Å². The van der Waals surface area contributed by atoms with E-state index in [9.17, 15) is 14.9 Å². The van der Waals surface area contributed by atoms with Crippen LogP contribution in [0.4, 0.5) is 5.00 Å². The molecule has 3 N–H and O–H groups in total. The van der Waals surface area contributed by atoms with Gasteiger partial charge in [-0.3, -0.25) is 9.59 Å². The van der Waals surface area contributed by atoms with Crippen LogP contribution in [-0.4, -0.2) is 23.4 Å². The fourth-order valence-corrected chi connectivity index (χ4v) is 5.14. The molecule has 0 atom stereocenters. The largest absolute Gasteiger partial charge is 0.484 e. The summed E-state index contributed by atoms with van der Waals surface area (Å²) in [7, 11) is 0. The van der Waals surface area contributed by atoms with Gasteiger partial charge in [0, 0.05) is 0 Å². The number of primary amides is 1. The number of carbonyl (C=O) groups is 2. The summed E-state index contributed by atoms with van der Waals surface area (Å²) in [5.74, 6) is -0.276. The van der Waals surface area contributed by atoms with E-state index in [1.54, 1.807) is 36.4 Å². The van der Waals surface area contributed by atoms with E-state index < -0.39 is 5.91 Å². The van der Waals surface area contributed by atoms with E-state index in [1.807, 2.05) is 29.0 Å². The number of amides is 2. The van der Waals surface area contributed by atoms with Gasteiger partial charge in [-0.15, -0.1) is 22.7 Å². The average molecular weight is 493 g/mol. The zero-order valence-electron chi connectivity index (χ0n) is 17.0. The van der Waals surface area contributed by atoms with E-state index in [0.29, 0.717) is 31.9 Å². The summed E-state index contributed by atoms with van der Waals surface area (Å²) >= 11 is 4.11. The lowest BCUT2D eigenvalue weighted by atomic mass is 10.1. The number of hydrogen-bond donors (Lipinski definition) is 2. The molecule has 0 bridgehead atoms. The van der Waals surface area contributed by atoms with Crippen molar-refractivity contribution in [3.8, 4) is 22.4 Å². The van der Waals surface area contributed by atoms with Gasteiger partial charge in [0.15, 0.2) is 6.61 Å². The third-order valence-corrected chi connectivity index (χ3v) is 7.03. The molecule has 0 unspecified atom stereocenters. The van der Waals surface area contributed by atoms with Crippen molar-refractivity contribution in [3.63, 3.8) is 0 Å². The standard InChI is InChI=1S/C23H16N4O3S3/c24-12-15(11-14-5-7-16(8-6-14)30-13-19(25)28)22-26-20(17-3-1-9-31-17)23(33-22)27-21(29)18-4-2-10-32-18/h1-11H,13H2,(H2,25,28)(H,27,29)/b15-11+. The number of nitrogens with one attached hydrogen (secondary N) is 1. The van der Waals surface area contributed by atoms with Gasteiger partial charge < -0.3 is 15.8 Å². The molecule has 4 aromatic rings. The van der Waals surface area contributed by atoms with Crippen molar-refractivity contribution in [3.05, 3.63) is 74.7 Å². The summed E-state index contributed by atoms with van der Waals surface area (Å²) in [5.41, 5.74) is 6.84. The van der Waals surface area contributed by atoms with Gasteiger partial charge in [0.1, 0.15) is 27.5 Å². The number of thiophene rings is 2. The van der Waals surface area contributed by atoms with Crippen LogP contribution in [0, 0.1) is 11.3 Å². The molecule has 10 heteroatoms. The van der Waals surface area contributed by atoms with Gasteiger partial charge in [-0.2, -0.15) is 5.26 Å². The first-order valence-electron chi connectivity index (χ1n) is 9.56. The third-order valence-electron chi connectivity index (χ3n) is 4.28. The topological polar surface area (TPSA) is 118 Å². The van der Waals surface area contributed by atoms with Gasteiger partial charge in [0.05, 0.1) is 15.3 Å². The molecule has 1 aromatic carbocycles. The number of nitriles is 1. The molecule has 0 saturated carbocycles. The van der Waals surface area contributed by atoms with Crippen LogP contribution in [0.2, 0.25) is 0 Å². The molecule has 0 saturated heterocycles. The highest BCUT2D eigenvalue weighted by Crippen LogP contribution is 2.38. The molecule has 0 aliphatic carbocycles. The Balaban J connectivity index is 1.63. The molecular weight excluding hydrogens is 476 g/mol. The maximum absolute atomic E-state index is 12.6. The van der Waals surface area contributed by atoms with Crippen LogP contribution in [0.25, 0.3) is 22.2 Å². The Kier molecular flexibility index (Phi) is 6.95. The summed E-state index contributed by atoms with van der Waals surface area (Å²) < 4.78 is 5.26. The fourth-order valence-electron chi connectivity index (χ4n) is 2.80. The summed E-state index contributed by atoms with van der Waals surface area (Å²) in [6, 6.07) is 16.5. The molecule has 0 radical (unpaired) electrons. The van der Waals surface area contributed by atoms with Crippen LogP contribution >= 0.6 is 34.0 Å². The molecular formula is C23H16N4O3S3. The lowest BCUT2D eigenvalue weighted by molar-refractivity contribution is -0.119. The van der Waals surface area contributed by atoms with E-state index in [2.05, 4.69) is 16.4 Å². The molecule has 7 nitrogen and oxygen atoms in total. The Morgan fingerprint density at radius 3 is 2.52 bits per heavy atom. The number of thiazole rings is 1. The molecule has 33 heavy (non-hydrogen) atoms. The number of benzene rings is 1. The number of nitrogens with zero attached hydrogens (tertiary/aromatic N) is 2. The van der Waals surface area contributed by atoms with Gasteiger partial charge in [-0.25, -0.2) is 4.98 Å². The molecule has 164 valence electrons. The van der Waals surface area contributed by atoms with Crippen LogP contribution in [0.3, 0.4) is 0 Å². The quantitative estimate of drug-likeness (QED) is 0.331. The Labute approximate surface area is 201 Å². The van der Waals surface area contributed by atoms with Crippen molar-refractivity contribution < 1.29 is 14.3 Å². The monoisotopic (exact) mass is 492 g/mol. The van der Waals surface area contributed by atoms with Gasteiger partial charge in [-0.1, -0.05) is 35.6 Å². The molecule has 0 spiro atoms. The number of nitrogens with two attached hydrogens (primary N) is 1. The number of ether oxygens (including phenoxy) is 1. The number of aromatic nitrogens is 1. The minimum absolute atomic E-state index is 0.205. The Hall–Kier alpha value is -3.78. The maximum atomic E-state index is 12.6. The molecule has 2 amide bonds. The predicted molar refractivity (Wildman–Crippen MR) is 132 cm³/mol. The molecule has 0 aliphatic heterocycles. The molecule has 0 aliphatic rings. The van der Waals surface area contributed by atoms with Gasteiger partial charge in [0.25, 0.3) is 11.8 Å². The Bertz CT molecular complexity index is 1330. The fraction of sp³-hybridized carbons (Fsp3) is 0.0435. The normalized spacial score (nSPS) is 11.1. The molecule has 4 rings (SSSR count). The van der Waals surface area contributed by atoms with E-state index in [0.717, 1.165) is 10.4 Å². The van der Waals surface area contributed by atoms with Crippen molar-refractivity contribution in [2.24, 2.45) is 5.73 Å². The minimum Gasteiger partial charge on any atom is -0.484 e. The maximum Gasteiger partial charge on any atom is 0.266 e. The second-order valence-electron chi connectivity index (χ2n) is 6.60. The lowest BCUT2D eigenvalue weighted by Crippen LogP contribution is -2.19.